The maximum Gasteiger partial charge on any atom is 0.251 e. The Kier molecular flexibility index (Phi) is 6.47. The van der Waals surface area contributed by atoms with E-state index < -0.39 is 0 Å². The number of aromatic nitrogens is 4. The van der Waals surface area contributed by atoms with E-state index in [9.17, 15) is 4.79 Å². The fourth-order valence-corrected chi connectivity index (χ4v) is 4.46. The van der Waals surface area contributed by atoms with Gasteiger partial charge in [-0.15, -0.1) is 0 Å². The summed E-state index contributed by atoms with van der Waals surface area (Å²) in [5.74, 6) is 1.69. The summed E-state index contributed by atoms with van der Waals surface area (Å²) in [6.45, 7) is 6.44. The molecule has 5 rings (SSSR count). The highest BCUT2D eigenvalue weighted by Crippen LogP contribution is 2.26. The van der Waals surface area contributed by atoms with E-state index in [0.29, 0.717) is 18.7 Å². The molecule has 1 saturated heterocycles. The predicted octanol–water partition coefficient (Wildman–Crippen LogP) is 2.90. The molecule has 3 heterocycles. The van der Waals surface area contributed by atoms with Crippen molar-refractivity contribution < 1.29 is 9.53 Å². The maximum absolute atomic E-state index is 12.5. The number of fused-ring (bicyclic) bond motifs is 1. The highest BCUT2D eigenvalue weighted by atomic mass is 16.5. The Morgan fingerprint density at radius 3 is 2.49 bits per heavy atom. The monoisotopic (exact) mass is 471 g/mol. The number of rotatable bonds is 7. The van der Waals surface area contributed by atoms with Crippen molar-refractivity contribution in [3.05, 3.63) is 72.2 Å². The third-order valence-corrected chi connectivity index (χ3v) is 6.43. The van der Waals surface area contributed by atoms with Crippen molar-refractivity contribution in [1.29, 1.82) is 0 Å². The quantitative estimate of drug-likeness (QED) is 0.443. The van der Waals surface area contributed by atoms with E-state index in [1.54, 1.807) is 13.4 Å². The number of nitrogens with zero attached hydrogens (tertiary/aromatic N) is 6. The van der Waals surface area contributed by atoms with Crippen LogP contribution in [-0.2, 0) is 6.54 Å². The van der Waals surface area contributed by atoms with Gasteiger partial charge in [0.05, 0.1) is 25.2 Å². The van der Waals surface area contributed by atoms with Crippen LogP contribution in [0.3, 0.4) is 0 Å². The lowest BCUT2D eigenvalue weighted by Crippen LogP contribution is -2.46. The molecule has 4 aromatic rings. The molecule has 1 fully saturated rings. The van der Waals surface area contributed by atoms with Gasteiger partial charge >= 0.3 is 0 Å². The van der Waals surface area contributed by atoms with Crippen LogP contribution in [0.5, 0.6) is 5.75 Å². The lowest BCUT2D eigenvalue weighted by atomic mass is 10.1. The summed E-state index contributed by atoms with van der Waals surface area (Å²) in [6, 6.07) is 15.8. The standard InChI is InChI=1S/C26H29N7O2/c1-19-5-3-4-6-22(19)26(34)27-11-12-33-25-23(17-30-33)24(28-18-29-25)32-15-13-31(14-16-32)20-7-9-21(35-2)10-8-20/h3-10,17-18H,11-16H2,1-2H3,(H,27,34). The highest BCUT2D eigenvalue weighted by molar-refractivity contribution is 5.95. The molecule has 9 heteroatoms. The minimum atomic E-state index is -0.0791. The zero-order valence-corrected chi connectivity index (χ0v) is 20.0. The predicted molar refractivity (Wildman–Crippen MR) is 136 cm³/mol. The lowest BCUT2D eigenvalue weighted by Gasteiger charge is -2.36. The third kappa shape index (κ3) is 4.75. The van der Waals surface area contributed by atoms with Crippen molar-refractivity contribution in [2.45, 2.75) is 13.5 Å². The summed E-state index contributed by atoms with van der Waals surface area (Å²) in [5, 5.41) is 8.44. The van der Waals surface area contributed by atoms with E-state index in [1.807, 2.05) is 54.2 Å². The Morgan fingerprint density at radius 1 is 1.00 bits per heavy atom. The number of ether oxygens (including phenoxy) is 1. The molecular formula is C26H29N7O2. The minimum Gasteiger partial charge on any atom is -0.497 e. The molecule has 0 bridgehead atoms. The second kappa shape index (κ2) is 10.0. The third-order valence-electron chi connectivity index (χ3n) is 6.43. The normalized spacial score (nSPS) is 13.8. The molecule has 1 N–H and O–H groups in total. The number of methoxy groups -OCH3 is 1. The van der Waals surface area contributed by atoms with Crippen LogP contribution in [-0.4, -0.2) is 65.5 Å². The second-order valence-corrected chi connectivity index (χ2v) is 8.55. The van der Waals surface area contributed by atoms with Crippen LogP contribution in [0.1, 0.15) is 15.9 Å². The fourth-order valence-electron chi connectivity index (χ4n) is 4.46. The Bertz CT molecular complexity index is 1310. The number of hydrogen-bond acceptors (Lipinski definition) is 7. The molecule has 0 spiro atoms. The van der Waals surface area contributed by atoms with Crippen LogP contribution in [0.15, 0.2) is 61.1 Å². The van der Waals surface area contributed by atoms with E-state index in [4.69, 9.17) is 4.74 Å². The first kappa shape index (κ1) is 22.6. The molecule has 0 atom stereocenters. The van der Waals surface area contributed by atoms with E-state index in [0.717, 1.165) is 54.3 Å². The number of aryl methyl sites for hydroxylation is 1. The summed E-state index contributed by atoms with van der Waals surface area (Å²) in [5.41, 5.74) is 3.62. The van der Waals surface area contributed by atoms with Crippen molar-refractivity contribution in [2.24, 2.45) is 0 Å². The average Bonchev–Trinajstić information content (AvgIpc) is 3.32. The largest absolute Gasteiger partial charge is 0.497 e. The summed E-state index contributed by atoms with van der Waals surface area (Å²) in [6.07, 6.45) is 3.42. The molecule has 35 heavy (non-hydrogen) atoms. The fraction of sp³-hybridized carbons (Fsp3) is 0.308. The molecule has 0 radical (unpaired) electrons. The van der Waals surface area contributed by atoms with Crippen LogP contribution in [0, 0.1) is 6.92 Å². The molecule has 0 aliphatic carbocycles. The van der Waals surface area contributed by atoms with Crippen LogP contribution in [0.4, 0.5) is 11.5 Å². The Balaban J connectivity index is 1.22. The first-order valence-corrected chi connectivity index (χ1v) is 11.8. The van der Waals surface area contributed by atoms with Crippen molar-refractivity contribution >= 4 is 28.4 Å². The number of anilines is 2. The van der Waals surface area contributed by atoms with E-state index in [1.165, 1.54) is 5.69 Å². The Morgan fingerprint density at radius 2 is 1.74 bits per heavy atom. The van der Waals surface area contributed by atoms with Crippen LogP contribution in [0.2, 0.25) is 0 Å². The molecule has 1 aliphatic heterocycles. The highest BCUT2D eigenvalue weighted by Gasteiger charge is 2.21. The van der Waals surface area contributed by atoms with Crippen LogP contribution < -0.4 is 19.9 Å². The number of piperazine rings is 1. The van der Waals surface area contributed by atoms with Gasteiger partial charge in [0.15, 0.2) is 5.65 Å². The first-order chi connectivity index (χ1) is 17.1. The molecule has 9 nitrogen and oxygen atoms in total. The summed E-state index contributed by atoms with van der Waals surface area (Å²) in [7, 11) is 1.68. The molecule has 2 aromatic carbocycles. The Hall–Kier alpha value is -4.14. The van der Waals surface area contributed by atoms with Gasteiger partial charge in [-0.2, -0.15) is 5.10 Å². The maximum atomic E-state index is 12.5. The van der Waals surface area contributed by atoms with Crippen LogP contribution >= 0.6 is 0 Å². The molecule has 0 saturated carbocycles. The smallest absolute Gasteiger partial charge is 0.251 e. The van der Waals surface area contributed by atoms with Crippen LogP contribution in [0.25, 0.3) is 11.0 Å². The van der Waals surface area contributed by atoms with E-state index >= 15 is 0 Å². The average molecular weight is 472 g/mol. The summed E-state index contributed by atoms with van der Waals surface area (Å²) < 4.78 is 7.09. The van der Waals surface area contributed by atoms with Crippen molar-refractivity contribution in [3.63, 3.8) is 0 Å². The Labute approximate surface area is 204 Å². The lowest BCUT2D eigenvalue weighted by molar-refractivity contribution is 0.0951. The van der Waals surface area contributed by atoms with Crippen molar-refractivity contribution in [1.82, 2.24) is 25.1 Å². The van der Waals surface area contributed by atoms with Gasteiger partial charge < -0.3 is 19.9 Å². The van der Waals surface area contributed by atoms with Gasteiger partial charge in [0, 0.05) is 44.0 Å². The molecule has 180 valence electrons. The number of hydrogen-bond donors (Lipinski definition) is 1. The van der Waals surface area contributed by atoms with Crippen molar-refractivity contribution in [3.8, 4) is 5.75 Å². The van der Waals surface area contributed by atoms with E-state index in [2.05, 4.69) is 42.3 Å². The first-order valence-electron chi connectivity index (χ1n) is 11.8. The zero-order valence-electron chi connectivity index (χ0n) is 20.0. The van der Waals surface area contributed by atoms with E-state index in [-0.39, 0.29) is 5.91 Å². The minimum absolute atomic E-state index is 0.0791. The van der Waals surface area contributed by atoms with Gasteiger partial charge in [0.2, 0.25) is 0 Å². The number of benzene rings is 2. The molecule has 0 unspecified atom stereocenters. The summed E-state index contributed by atoms with van der Waals surface area (Å²) in [4.78, 5) is 26.2. The zero-order chi connectivity index (χ0) is 24.2. The number of nitrogens with one attached hydrogen (secondary N) is 1. The molecule has 1 amide bonds. The van der Waals surface area contributed by atoms with Gasteiger partial charge in [-0.25, -0.2) is 14.6 Å². The topological polar surface area (TPSA) is 88.4 Å². The second-order valence-electron chi connectivity index (χ2n) is 8.55. The SMILES string of the molecule is COc1ccc(N2CCN(c3ncnc4c3cnn4CCNC(=O)c3ccccc3C)CC2)cc1. The van der Waals surface area contributed by atoms with Crippen molar-refractivity contribution in [2.75, 3.05) is 49.6 Å². The van der Waals surface area contributed by atoms with Gasteiger partial charge in [0.1, 0.15) is 17.9 Å². The van der Waals surface area contributed by atoms with Gasteiger partial charge in [-0.05, 0) is 42.8 Å². The van der Waals surface area contributed by atoms with Gasteiger partial charge in [-0.1, -0.05) is 18.2 Å². The number of carbonyl (C=O) groups excluding carboxylic acids is 1. The number of amides is 1. The summed E-state index contributed by atoms with van der Waals surface area (Å²) >= 11 is 0. The van der Waals surface area contributed by atoms with Gasteiger partial charge in [0.25, 0.3) is 5.91 Å². The van der Waals surface area contributed by atoms with Gasteiger partial charge in [-0.3, -0.25) is 4.79 Å². The molecule has 1 aliphatic rings. The number of carbonyl (C=O) groups is 1. The molecule has 2 aromatic heterocycles. The molecular weight excluding hydrogens is 442 g/mol.